The average Bonchev–Trinajstić information content (AvgIpc) is 3.14. The van der Waals surface area contributed by atoms with Gasteiger partial charge in [0.05, 0.1) is 0 Å². The lowest BCUT2D eigenvalue weighted by atomic mass is 10.2. The second-order valence-electron chi connectivity index (χ2n) is 5.50. The van der Waals surface area contributed by atoms with E-state index in [1.807, 2.05) is 4.57 Å². The lowest BCUT2D eigenvalue weighted by Crippen LogP contribution is -2.38. The molecule has 1 atom stereocenters. The summed E-state index contributed by atoms with van der Waals surface area (Å²) in [5, 5.41) is 0.132. The summed E-state index contributed by atoms with van der Waals surface area (Å²) in [5.41, 5.74) is 5.91. The van der Waals surface area contributed by atoms with E-state index in [9.17, 15) is 8.42 Å². The number of halogens is 1. The van der Waals surface area contributed by atoms with Crippen molar-refractivity contribution in [1.29, 1.82) is 0 Å². The molecular formula is C12H21ClN4O2S. The quantitative estimate of drug-likeness (QED) is 0.834. The highest BCUT2D eigenvalue weighted by molar-refractivity contribution is 7.89. The Bertz CT molecular complexity index is 545. The number of rotatable bonds is 5. The van der Waals surface area contributed by atoms with Crippen molar-refractivity contribution in [2.75, 3.05) is 6.54 Å². The third kappa shape index (κ3) is 3.33. The highest BCUT2D eigenvalue weighted by Gasteiger charge is 2.30. The van der Waals surface area contributed by atoms with E-state index < -0.39 is 10.0 Å². The normalized spacial score (nSPS) is 20.1. The van der Waals surface area contributed by atoms with Crippen LogP contribution in [0.25, 0.3) is 0 Å². The SMILES string of the molecule is Cl.NC(CNS(=O)(=O)c1cn2c(n1)CCCC2)C1CC1. The van der Waals surface area contributed by atoms with E-state index in [4.69, 9.17) is 5.73 Å². The Morgan fingerprint density at radius 3 is 2.85 bits per heavy atom. The van der Waals surface area contributed by atoms with Crippen LogP contribution in [0.1, 0.15) is 31.5 Å². The van der Waals surface area contributed by atoms with Crippen molar-refractivity contribution in [3.63, 3.8) is 0 Å². The van der Waals surface area contributed by atoms with Crippen LogP contribution in [0.2, 0.25) is 0 Å². The van der Waals surface area contributed by atoms with Crippen LogP contribution in [0.3, 0.4) is 0 Å². The molecule has 20 heavy (non-hydrogen) atoms. The molecule has 3 N–H and O–H groups in total. The third-order valence-electron chi connectivity index (χ3n) is 3.90. The first kappa shape index (κ1) is 15.8. The zero-order chi connectivity index (χ0) is 13.5. The van der Waals surface area contributed by atoms with Gasteiger partial charge in [0.2, 0.25) is 0 Å². The predicted octanol–water partition coefficient (Wildman–Crippen LogP) is 0.657. The highest BCUT2D eigenvalue weighted by atomic mass is 35.5. The van der Waals surface area contributed by atoms with Crippen molar-refractivity contribution in [2.45, 2.75) is 49.7 Å². The fourth-order valence-corrected chi connectivity index (χ4v) is 3.54. The molecule has 3 rings (SSSR count). The minimum absolute atomic E-state index is 0. The smallest absolute Gasteiger partial charge is 0.259 e. The van der Waals surface area contributed by atoms with Gasteiger partial charge >= 0.3 is 0 Å². The van der Waals surface area contributed by atoms with E-state index in [1.165, 1.54) is 0 Å². The van der Waals surface area contributed by atoms with Crippen molar-refractivity contribution in [3.05, 3.63) is 12.0 Å². The monoisotopic (exact) mass is 320 g/mol. The summed E-state index contributed by atoms with van der Waals surface area (Å²) in [6.07, 6.45) is 6.89. The van der Waals surface area contributed by atoms with Gasteiger partial charge in [0.15, 0.2) is 5.03 Å². The number of hydrogen-bond acceptors (Lipinski definition) is 4. The fraction of sp³-hybridized carbons (Fsp3) is 0.750. The molecule has 0 aromatic carbocycles. The van der Waals surface area contributed by atoms with E-state index in [2.05, 4.69) is 9.71 Å². The Balaban J connectivity index is 0.00000147. The Morgan fingerprint density at radius 1 is 1.45 bits per heavy atom. The van der Waals surface area contributed by atoms with Crippen LogP contribution < -0.4 is 10.5 Å². The third-order valence-corrected chi connectivity index (χ3v) is 5.19. The van der Waals surface area contributed by atoms with Gasteiger partial charge in [0, 0.05) is 31.7 Å². The van der Waals surface area contributed by atoms with E-state index in [1.54, 1.807) is 6.20 Å². The molecule has 1 aromatic rings. The molecule has 0 radical (unpaired) electrons. The number of hydrogen-bond donors (Lipinski definition) is 2. The number of nitrogens with one attached hydrogen (secondary N) is 1. The summed E-state index contributed by atoms with van der Waals surface area (Å²) < 4.78 is 28.8. The van der Waals surface area contributed by atoms with Crippen molar-refractivity contribution >= 4 is 22.4 Å². The Morgan fingerprint density at radius 2 is 2.20 bits per heavy atom. The van der Waals surface area contributed by atoms with Gasteiger partial charge in [-0.3, -0.25) is 0 Å². The average molecular weight is 321 g/mol. The van der Waals surface area contributed by atoms with E-state index in [0.717, 1.165) is 44.5 Å². The molecular weight excluding hydrogens is 300 g/mol. The van der Waals surface area contributed by atoms with Gasteiger partial charge in [-0.2, -0.15) is 0 Å². The molecule has 0 amide bonds. The van der Waals surface area contributed by atoms with Crippen molar-refractivity contribution < 1.29 is 8.42 Å². The minimum Gasteiger partial charge on any atom is -0.333 e. The Hall–Kier alpha value is -0.630. The maximum absolute atomic E-state index is 12.2. The van der Waals surface area contributed by atoms with Gasteiger partial charge in [-0.15, -0.1) is 12.4 Å². The molecule has 1 aliphatic carbocycles. The van der Waals surface area contributed by atoms with Gasteiger partial charge in [-0.1, -0.05) is 0 Å². The fourth-order valence-electron chi connectivity index (χ4n) is 2.49. The topological polar surface area (TPSA) is 90.0 Å². The van der Waals surface area contributed by atoms with Gasteiger partial charge < -0.3 is 10.3 Å². The van der Waals surface area contributed by atoms with Crippen LogP contribution in [0.5, 0.6) is 0 Å². The Kier molecular flexibility index (Phi) is 4.73. The van der Waals surface area contributed by atoms with Crippen LogP contribution in [-0.2, 0) is 23.0 Å². The molecule has 1 aromatic heterocycles. The number of aryl methyl sites for hydroxylation is 2. The molecule has 1 unspecified atom stereocenters. The molecule has 0 spiro atoms. The largest absolute Gasteiger partial charge is 0.333 e. The number of fused-ring (bicyclic) bond motifs is 1. The van der Waals surface area contributed by atoms with Crippen LogP contribution in [0.4, 0.5) is 0 Å². The van der Waals surface area contributed by atoms with E-state index in [0.29, 0.717) is 12.5 Å². The summed E-state index contributed by atoms with van der Waals surface area (Å²) in [5.74, 6) is 1.36. The number of nitrogens with zero attached hydrogens (tertiary/aromatic N) is 2. The molecule has 6 nitrogen and oxygen atoms in total. The number of imidazole rings is 1. The first-order chi connectivity index (χ1) is 9.06. The van der Waals surface area contributed by atoms with Crippen LogP contribution in [0, 0.1) is 5.92 Å². The lowest BCUT2D eigenvalue weighted by Gasteiger charge is -2.11. The van der Waals surface area contributed by atoms with Crippen LogP contribution in [-0.4, -0.2) is 30.6 Å². The first-order valence-corrected chi connectivity index (χ1v) is 8.36. The molecule has 2 heterocycles. The second kappa shape index (κ2) is 6.01. The summed E-state index contributed by atoms with van der Waals surface area (Å²) in [6.45, 7) is 1.16. The maximum atomic E-state index is 12.2. The summed E-state index contributed by atoms with van der Waals surface area (Å²) in [6, 6.07) is -0.0768. The van der Waals surface area contributed by atoms with Crippen molar-refractivity contribution in [1.82, 2.24) is 14.3 Å². The Labute approximate surface area is 125 Å². The molecule has 1 fully saturated rings. The van der Waals surface area contributed by atoms with E-state index >= 15 is 0 Å². The first-order valence-electron chi connectivity index (χ1n) is 6.87. The standard InChI is InChI=1S/C12H20N4O2S.ClH/c13-10(9-4-5-9)7-14-19(17,18)12-8-16-6-2-1-3-11(16)15-12;/h8-10,14H,1-7,13H2;1H. The van der Waals surface area contributed by atoms with Gasteiger partial charge in [0.1, 0.15) is 5.82 Å². The molecule has 1 saturated carbocycles. The molecule has 0 saturated heterocycles. The maximum Gasteiger partial charge on any atom is 0.259 e. The number of sulfonamides is 1. The molecule has 1 aliphatic heterocycles. The van der Waals surface area contributed by atoms with E-state index in [-0.39, 0.29) is 23.5 Å². The van der Waals surface area contributed by atoms with Crippen LogP contribution >= 0.6 is 12.4 Å². The predicted molar refractivity (Wildman–Crippen MR) is 78.3 cm³/mol. The molecule has 114 valence electrons. The number of nitrogens with two attached hydrogens (primary N) is 1. The minimum atomic E-state index is -3.52. The molecule has 2 aliphatic rings. The number of aromatic nitrogens is 2. The molecule has 8 heteroatoms. The van der Waals surface area contributed by atoms with Gasteiger partial charge in [-0.25, -0.2) is 18.1 Å². The second-order valence-corrected chi connectivity index (χ2v) is 7.21. The zero-order valence-electron chi connectivity index (χ0n) is 11.3. The highest BCUT2D eigenvalue weighted by Crippen LogP contribution is 2.31. The van der Waals surface area contributed by atoms with Crippen molar-refractivity contribution in [3.8, 4) is 0 Å². The summed E-state index contributed by atoms with van der Waals surface area (Å²) in [4.78, 5) is 4.23. The molecule has 0 bridgehead atoms. The summed E-state index contributed by atoms with van der Waals surface area (Å²) in [7, 11) is -3.52. The van der Waals surface area contributed by atoms with Crippen molar-refractivity contribution in [2.24, 2.45) is 11.7 Å². The van der Waals surface area contributed by atoms with Gasteiger partial charge in [0.25, 0.3) is 10.0 Å². The lowest BCUT2D eigenvalue weighted by molar-refractivity contribution is 0.522. The summed E-state index contributed by atoms with van der Waals surface area (Å²) >= 11 is 0. The van der Waals surface area contributed by atoms with Crippen LogP contribution in [0.15, 0.2) is 11.2 Å². The van der Waals surface area contributed by atoms with Gasteiger partial charge in [-0.05, 0) is 31.6 Å². The zero-order valence-corrected chi connectivity index (χ0v) is 12.9.